The summed E-state index contributed by atoms with van der Waals surface area (Å²) in [7, 11) is 0. The molecule has 1 aliphatic rings. The van der Waals surface area contributed by atoms with Crippen LogP contribution >= 0.6 is 11.8 Å². The lowest BCUT2D eigenvalue weighted by molar-refractivity contribution is -0.127. The van der Waals surface area contributed by atoms with Crippen LogP contribution in [-0.4, -0.2) is 46.8 Å². The van der Waals surface area contributed by atoms with Gasteiger partial charge in [0, 0.05) is 18.7 Å². The van der Waals surface area contributed by atoms with Crippen molar-refractivity contribution < 1.29 is 14.3 Å². The molecule has 1 aromatic carbocycles. The molecule has 1 unspecified atom stereocenters. The molecule has 1 aliphatic heterocycles. The van der Waals surface area contributed by atoms with E-state index in [1.165, 1.54) is 11.8 Å². The Labute approximate surface area is 158 Å². The highest BCUT2D eigenvalue weighted by atomic mass is 32.2. The van der Waals surface area contributed by atoms with Gasteiger partial charge in [-0.3, -0.25) is 19.5 Å². The number of aliphatic imine (C=N–C) groups is 1. The fraction of sp³-hybridized carbons (Fsp3) is 0.316. The van der Waals surface area contributed by atoms with E-state index in [1.807, 2.05) is 6.92 Å². The van der Waals surface area contributed by atoms with Gasteiger partial charge >= 0.3 is 0 Å². The highest BCUT2D eigenvalue weighted by molar-refractivity contribution is 8.15. The molecule has 2 amide bonds. The third-order valence-electron chi connectivity index (χ3n) is 3.51. The first-order valence-corrected chi connectivity index (χ1v) is 9.24. The van der Waals surface area contributed by atoms with Crippen molar-refractivity contribution >= 4 is 34.4 Å². The van der Waals surface area contributed by atoms with Crippen LogP contribution in [0.3, 0.4) is 0 Å². The van der Waals surface area contributed by atoms with Crippen LogP contribution in [0.1, 0.15) is 13.3 Å². The molecule has 1 fully saturated rings. The molecule has 0 spiro atoms. The molecule has 6 nitrogen and oxygen atoms in total. The quantitative estimate of drug-likeness (QED) is 0.675. The summed E-state index contributed by atoms with van der Waals surface area (Å²) in [4.78, 5) is 30.7. The van der Waals surface area contributed by atoms with Crippen LogP contribution in [0.15, 0.2) is 54.6 Å². The van der Waals surface area contributed by atoms with Gasteiger partial charge in [0.1, 0.15) is 11.0 Å². The number of benzene rings is 1. The first-order valence-electron chi connectivity index (χ1n) is 8.36. The number of rotatable bonds is 9. The molecule has 0 bridgehead atoms. The van der Waals surface area contributed by atoms with Gasteiger partial charge < -0.3 is 10.1 Å². The standard InChI is InChI=1S/C19H23N3O3S/c1-4-11-20-19-22(12-5-2)18(24)16(26-19)13-17(23)21-14-7-9-15(10-8-14)25-6-3/h4-5,7-10,16H,1-2,6,11-13H2,3H3,(H,21,23). The highest BCUT2D eigenvalue weighted by Gasteiger charge is 2.38. The molecule has 0 aliphatic carbocycles. The molecule has 1 heterocycles. The van der Waals surface area contributed by atoms with Gasteiger partial charge in [-0.05, 0) is 31.2 Å². The van der Waals surface area contributed by atoms with Crippen molar-refractivity contribution in [3.8, 4) is 5.75 Å². The Balaban J connectivity index is 1.98. The third-order valence-corrected chi connectivity index (χ3v) is 4.72. The predicted octanol–water partition coefficient (Wildman–Crippen LogP) is 3.09. The summed E-state index contributed by atoms with van der Waals surface area (Å²) < 4.78 is 5.37. The average molecular weight is 373 g/mol. The SMILES string of the molecule is C=CCN=C1SC(CC(=O)Nc2ccc(OCC)cc2)C(=O)N1CC=C. The Bertz CT molecular complexity index is 700. The highest BCUT2D eigenvalue weighted by Crippen LogP contribution is 2.30. The van der Waals surface area contributed by atoms with Crippen LogP contribution in [0.4, 0.5) is 5.69 Å². The number of anilines is 1. The molecule has 1 saturated heterocycles. The normalized spacial score (nSPS) is 18.0. The van der Waals surface area contributed by atoms with E-state index in [9.17, 15) is 9.59 Å². The van der Waals surface area contributed by atoms with Gasteiger partial charge in [0.2, 0.25) is 11.8 Å². The number of hydrogen-bond donors (Lipinski definition) is 1. The van der Waals surface area contributed by atoms with Crippen LogP contribution in [0.25, 0.3) is 0 Å². The number of amides is 2. The van der Waals surface area contributed by atoms with Crippen molar-refractivity contribution in [2.75, 3.05) is 25.0 Å². The summed E-state index contributed by atoms with van der Waals surface area (Å²) in [5.74, 6) is 0.401. The Morgan fingerprint density at radius 1 is 1.35 bits per heavy atom. The second-order valence-electron chi connectivity index (χ2n) is 5.47. The Kier molecular flexibility index (Phi) is 7.47. The Morgan fingerprint density at radius 3 is 2.69 bits per heavy atom. The summed E-state index contributed by atoms with van der Waals surface area (Å²) in [5.41, 5.74) is 0.664. The van der Waals surface area contributed by atoms with Crippen molar-refractivity contribution in [2.45, 2.75) is 18.6 Å². The average Bonchev–Trinajstić information content (AvgIpc) is 2.91. The first kappa shape index (κ1) is 19.8. The van der Waals surface area contributed by atoms with Crippen molar-refractivity contribution in [3.63, 3.8) is 0 Å². The van der Waals surface area contributed by atoms with E-state index in [4.69, 9.17) is 4.74 Å². The molecule has 1 N–H and O–H groups in total. The zero-order chi connectivity index (χ0) is 18.9. The number of nitrogens with one attached hydrogen (secondary N) is 1. The van der Waals surface area contributed by atoms with Crippen LogP contribution < -0.4 is 10.1 Å². The predicted molar refractivity (Wildman–Crippen MR) is 107 cm³/mol. The zero-order valence-corrected chi connectivity index (χ0v) is 15.6. The lowest BCUT2D eigenvalue weighted by atomic mass is 10.2. The van der Waals surface area contributed by atoms with Gasteiger partial charge in [-0.15, -0.1) is 13.2 Å². The minimum absolute atomic E-state index is 0.0808. The number of amidine groups is 1. The molecular formula is C19H23N3O3S. The molecule has 0 aromatic heterocycles. The topological polar surface area (TPSA) is 71.0 Å². The summed E-state index contributed by atoms with van der Waals surface area (Å²) >= 11 is 1.30. The summed E-state index contributed by atoms with van der Waals surface area (Å²) in [5, 5.41) is 2.93. The van der Waals surface area contributed by atoms with Crippen LogP contribution in [0.5, 0.6) is 5.75 Å². The van der Waals surface area contributed by atoms with Crippen LogP contribution in [0.2, 0.25) is 0 Å². The van der Waals surface area contributed by atoms with Gasteiger partial charge in [-0.2, -0.15) is 0 Å². The minimum atomic E-state index is -0.485. The second kappa shape index (κ2) is 9.82. The van der Waals surface area contributed by atoms with E-state index in [-0.39, 0.29) is 18.2 Å². The van der Waals surface area contributed by atoms with Gasteiger partial charge in [0.15, 0.2) is 5.17 Å². The molecule has 138 valence electrons. The smallest absolute Gasteiger partial charge is 0.242 e. The van der Waals surface area contributed by atoms with Crippen LogP contribution in [-0.2, 0) is 9.59 Å². The van der Waals surface area contributed by atoms with E-state index < -0.39 is 5.25 Å². The molecule has 1 aromatic rings. The van der Waals surface area contributed by atoms with Crippen molar-refractivity contribution in [1.29, 1.82) is 0 Å². The van der Waals surface area contributed by atoms with E-state index >= 15 is 0 Å². The molecule has 26 heavy (non-hydrogen) atoms. The zero-order valence-electron chi connectivity index (χ0n) is 14.8. The van der Waals surface area contributed by atoms with Crippen molar-refractivity contribution in [1.82, 2.24) is 4.90 Å². The third kappa shape index (κ3) is 5.23. The minimum Gasteiger partial charge on any atom is -0.494 e. The van der Waals surface area contributed by atoms with E-state index in [0.29, 0.717) is 30.6 Å². The maximum Gasteiger partial charge on any atom is 0.242 e. The number of nitrogens with zero attached hydrogens (tertiary/aromatic N) is 2. The molecule has 0 radical (unpaired) electrons. The fourth-order valence-corrected chi connectivity index (χ4v) is 3.54. The molecule has 7 heteroatoms. The first-order chi connectivity index (χ1) is 12.6. The number of thioether (sulfide) groups is 1. The number of ether oxygens (including phenoxy) is 1. The lowest BCUT2D eigenvalue weighted by Crippen LogP contribution is -2.33. The van der Waals surface area contributed by atoms with Gasteiger partial charge in [-0.1, -0.05) is 23.9 Å². The monoisotopic (exact) mass is 373 g/mol. The molecule has 0 saturated carbocycles. The van der Waals surface area contributed by atoms with Crippen LogP contribution in [0, 0.1) is 0 Å². The largest absolute Gasteiger partial charge is 0.494 e. The maximum atomic E-state index is 12.5. The van der Waals surface area contributed by atoms with E-state index in [2.05, 4.69) is 23.5 Å². The fourth-order valence-electron chi connectivity index (χ4n) is 2.38. The lowest BCUT2D eigenvalue weighted by Gasteiger charge is -2.13. The Morgan fingerprint density at radius 2 is 2.08 bits per heavy atom. The number of carbonyl (C=O) groups is 2. The van der Waals surface area contributed by atoms with Gasteiger partial charge in [-0.25, -0.2) is 0 Å². The molecule has 1 atom stereocenters. The summed E-state index contributed by atoms with van der Waals surface area (Å²) in [6.45, 7) is 10.6. The second-order valence-corrected chi connectivity index (χ2v) is 6.64. The molecular weight excluding hydrogens is 350 g/mol. The van der Waals surface area contributed by atoms with Crippen molar-refractivity contribution in [3.05, 3.63) is 49.6 Å². The van der Waals surface area contributed by atoms with E-state index in [1.54, 1.807) is 41.3 Å². The number of hydrogen-bond acceptors (Lipinski definition) is 5. The summed E-state index contributed by atoms with van der Waals surface area (Å²) in [6.07, 6.45) is 3.39. The van der Waals surface area contributed by atoms with Gasteiger partial charge in [0.05, 0.1) is 13.2 Å². The number of carbonyl (C=O) groups excluding carboxylic acids is 2. The maximum absolute atomic E-state index is 12.5. The summed E-state index contributed by atoms with van der Waals surface area (Å²) in [6, 6.07) is 7.13. The van der Waals surface area contributed by atoms with Gasteiger partial charge in [0.25, 0.3) is 0 Å². The van der Waals surface area contributed by atoms with Crippen molar-refractivity contribution in [2.24, 2.45) is 4.99 Å². The van der Waals surface area contributed by atoms with E-state index in [0.717, 1.165) is 5.75 Å². The molecule has 2 rings (SSSR count). The Hall–Kier alpha value is -2.54.